The van der Waals surface area contributed by atoms with Crippen molar-refractivity contribution in [2.24, 2.45) is 9.98 Å². The van der Waals surface area contributed by atoms with Gasteiger partial charge in [-0.05, 0) is 0 Å². The Morgan fingerprint density at radius 2 is 1.93 bits per heavy atom. The van der Waals surface area contributed by atoms with E-state index >= 15 is 0 Å². The van der Waals surface area contributed by atoms with Crippen molar-refractivity contribution >= 4 is 18.0 Å². The number of nitrogens with one attached hydrogen (secondary N) is 1. The van der Waals surface area contributed by atoms with Gasteiger partial charge in [0.1, 0.15) is 0 Å². The molecule has 0 aromatic heterocycles. The van der Waals surface area contributed by atoms with Gasteiger partial charge in [-0.2, -0.15) is 0 Å². The molecule has 15 heavy (non-hydrogen) atoms. The molecular formula is C11H21N3O. The first-order valence-corrected chi connectivity index (χ1v) is 5.01. The monoisotopic (exact) mass is 211 g/mol. The van der Waals surface area contributed by atoms with Gasteiger partial charge in [0.2, 0.25) is 5.84 Å². The molecule has 4 nitrogen and oxygen atoms in total. The van der Waals surface area contributed by atoms with Crippen molar-refractivity contribution < 1.29 is 4.79 Å². The Morgan fingerprint density at radius 1 is 1.40 bits per heavy atom. The molecular weight excluding hydrogens is 190 g/mol. The predicted molar refractivity (Wildman–Crippen MR) is 66.7 cm³/mol. The molecule has 0 aliphatic heterocycles. The summed E-state index contributed by atoms with van der Waals surface area (Å²) in [7, 11) is 3.03. The van der Waals surface area contributed by atoms with E-state index in [9.17, 15) is 4.79 Å². The second kappa shape index (κ2) is 12.6. The van der Waals surface area contributed by atoms with E-state index in [0.29, 0.717) is 0 Å². The number of carbonyl (C=O) groups excluding carboxylic acids is 1. The molecule has 0 saturated heterocycles. The van der Waals surface area contributed by atoms with Crippen molar-refractivity contribution in [3.63, 3.8) is 0 Å². The first-order valence-electron chi connectivity index (χ1n) is 5.01. The Morgan fingerprint density at radius 3 is 2.20 bits per heavy atom. The molecule has 1 amide bonds. The third kappa shape index (κ3) is 10.5. The summed E-state index contributed by atoms with van der Waals surface area (Å²) in [6.07, 6.45) is 5.53. The van der Waals surface area contributed by atoms with E-state index in [4.69, 9.17) is 0 Å². The number of nitrogens with zero attached hydrogens (tertiary/aromatic N) is 2. The quantitative estimate of drug-likeness (QED) is 0.550. The summed E-state index contributed by atoms with van der Waals surface area (Å²) in [5, 5.41) is 2.41. The molecule has 1 N–H and O–H groups in total. The van der Waals surface area contributed by atoms with Gasteiger partial charge >= 0.3 is 0 Å². The fourth-order valence-corrected chi connectivity index (χ4v) is 0.453. The van der Waals surface area contributed by atoms with Crippen molar-refractivity contribution in [1.29, 1.82) is 0 Å². The number of rotatable bonds is 2. The smallest absolute Gasteiger partial charge is 0.288 e. The van der Waals surface area contributed by atoms with Gasteiger partial charge < -0.3 is 5.32 Å². The lowest BCUT2D eigenvalue weighted by Gasteiger charge is -1.94. The molecule has 4 heteroatoms. The van der Waals surface area contributed by atoms with E-state index in [0.717, 1.165) is 0 Å². The molecule has 0 bridgehead atoms. The summed E-state index contributed by atoms with van der Waals surface area (Å²) >= 11 is 0. The highest BCUT2D eigenvalue weighted by atomic mass is 16.2. The van der Waals surface area contributed by atoms with Crippen LogP contribution < -0.4 is 5.32 Å². The van der Waals surface area contributed by atoms with Gasteiger partial charge in [-0.3, -0.25) is 9.79 Å². The highest BCUT2D eigenvalue weighted by Gasteiger charge is 2.03. The summed E-state index contributed by atoms with van der Waals surface area (Å²) in [5.41, 5.74) is 0. The molecule has 0 fully saturated rings. The van der Waals surface area contributed by atoms with Crippen LogP contribution in [0.4, 0.5) is 0 Å². The van der Waals surface area contributed by atoms with Crippen LogP contribution in [-0.4, -0.2) is 32.1 Å². The first-order chi connectivity index (χ1) is 7.17. The van der Waals surface area contributed by atoms with Crippen molar-refractivity contribution in [1.82, 2.24) is 5.32 Å². The molecule has 0 spiro atoms. The molecule has 0 heterocycles. The third-order valence-electron chi connectivity index (χ3n) is 1.44. The average Bonchev–Trinajstić information content (AvgIpc) is 2.30. The van der Waals surface area contributed by atoms with Crippen LogP contribution in [0.15, 0.2) is 22.6 Å². The maximum absolute atomic E-state index is 10.9. The second-order valence-electron chi connectivity index (χ2n) is 2.64. The van der Waals surface area contributed by atoms with Crippen LogP contribution in [0.3, 0.4) is 0 Å². The van der Waals surface area contributed by atoms with E-state index < -0.39 is 0 Å². The van der Waals surface area contributed by atoms with Gasteiger partial charge in [-0.25, -0.2) is 4.99 Å². The standard InChI is InChI=1S/C7H11N3O.C4H10/c1-4-5-10-6(8-2)7(11)9-3;1-3-4-2/h4-5H,1H2,2-3H3,(H,9,11);3-4H2,1-2H3. The van der Waals surface area contributed by atoms with Crippen molar-refractivity contribution in [3.05, 3.63) is 12.7 Å². The number of aliphatic imine (C=N–C) groups is 2. The molecule has 0 saturated carbocycles. The van der Waals surface area contributed by atoms with E-state index in [1.807, 2.05) is 0 Å². The molecule has 0 unspecified atom stereocenters. The van der Waals surface area contributed by atoms with Crippen LogP contribution in [0.1, 0.15) is 26.7 Å². The zero-order valence-electron chi connectivity index (χ0n) is 10.1. The molecule has 0 rings (SSSR count). The number of amidine groups is 1. The number of unbranched alkanes of at least 4 members (excludes halogenated alkanes) is 1. The van der Waals surface area contributed by atoms with Crippen LogP contribution in [0.2, 0.25) is 0 Å². The molecule has 0 aromatic rings. The summed E-state index contributed by atoms with van der Waals surface area (Å²) in [4.78, 5) is 18.2. The zero-order valence-corrected chi connectivity index (χ0v) is 10.1. The van der Waals surface area contributed by atoms with Crippen LogP contribution in [0.25, 0.3) is 0 Å². The van der Waals surface area contributed by atoms with Crippen LogP contribution in [0.5, 0.6) is 0 Å². The SMILES string of the molecule is C=CC=NC(=NC)C(=O)NC.CCCC. The number of hydrogen-bond acceptors (Lipinski definition) is 2. The second-order valence-corrected chi connectivity index (χ2v) is 2.64. The Bertz CT molecular complexity index is 230. The Kier molecular flexibility index (Phi) is 13.4. The van der Waals surface area contributed by atoms with Gasteiger partial charge in [-0.15, -0.1) is 0 Å². The molecule has 0 aliphatic carbocycles. The van der Waals surface area contributed by atoms with E-state index in [1.165, 1.54) is 39.2 Å². The van der Waals surface area contributed by atoms with Crippen molar-refractivity contribution in [3.8, 4) is 0 Å². The molecule has 0 atom stereocenters. The normalized spacial score (nSPS) is 10.5. The Balaban J connectivity index is 0. The molecule has 86 valence electrons. The van der Waals surface area contributed by atoms with E-state index in [2.05, 4.69) is 35.7 Å². The lowest BCUT2D eigenvalue weighted by Crippen LogP contribution is -2.26. The predicted octanol–water partition coefficient (Wildman–Crippen LogP) is 1.82. The molecule has 0 aromatic carbocycles. The minimum atomic E-state index is -0.300. The fourth-order valence-electron chi connectivity index (χ4n) is 0.453. The van der Waals surface area contributed by atoms with Crippen LogP contribution in [0, 0.1) is 0 Å². The van der Waals surface area contributed by atoms with E-state index in [-0.39, 0.29) is 11.7 Å². The lowest BCUT2D eigenvalue weighted by molar-refractivity contribution is -0.114. The zero-order chi connectivity index (χ0) is 12.1. The van der Waals surface area contributed by atoms with Crippen LogP contribution in [-0.2, 0) is 4.79 Å². The first kappa shape index (κ1) is 16.0. The number of amides is 1. The summed E-state index contributed by atoms with van der Waals surface area (Å²) in [5.74, 6) is -0.155. The summed E-state index contributed by atoms with van der Waals surface area (Å²) in [6.45, 7) is 7.78. The van der Waals surface area contributed by atoms with E-state index in [1.54, 1.807) is 0 Å². The Hall–Kier alpha value is -1.45. The lowest BCUT2D eigenvalue weighted by atomic mass is 10.4. The fraction of sp³-hybridized carbons (Fsp3) is 0.545. The van der Waals surface area contributed by atoms with Crippen LogP contribution >= 0.6 is 0 Å². The summed E-state index contributed by atoms with van der Waals surface area (Å²) in [6, 6.07) is 0. The Labute approximate surface area is 92.2 Å². The number of carbonyl (C=O) groups is 1. The highest BCUT2D eigenvalue weighted by Crippen LogP contribution is 1.79. The van der Waals surface area contributed by atoms with Gasteiger partial charge in [-0.1, -0.05) is 39.3 Å². The average molecular weight is 211 g/mol. The van der Waals surface area contributed by atoms with Gasteiger partial charge in [0.25, 0.3) is 5.91 Å². The third-order valence-corrected chi connectivity index (χ3v) is 1.44. The highest BCUT2D eigenvalue weighted by molar-refractivity contribution is 6.39. The minimum Gasteiger partial charge on any atom is -0.352 e. The maximum atomic E-state index is 10.9. The topological polar surface area (TPSA) is 53.8 Å². The minimum absolute atomic E-state index is 0.146. The number of allylic oxidation sites excluding steroid dienone is 1. The van der Waals surface area contributed by atoms with Gasteiger partial charge in [0.15, 0.2) is 0 Å². The maximum Gasteiger partial charge on any atom is 0.288 e. The van der Waals surface area contributed by atoms with Crippen molar-refractivity contribution in [2.45, 2.75) is 26.7 Å². The molecule has 0 radical (unpaired) electrons. The van der Waals surface area contributed by atoms with Crippen molar-refractivity contribution in [2.75, 3.05) is 14.1 Å². The van der Waals surface area contributed by atoms with Gasteiger partial charge in [0.05, 0.1) is 0 Å². The van der Waals surface area contributed by atoms with Gasteiger partial charge in [0, 0.05) is 20.3 Å². The summed E-state index contributed by atoms with van der Waals surface area (Å²) < 4.78 is 0. The molecule has 0 aliphatic rings. The largest absolute Gasteiger partial charge is 0.352 e. The number of hydrogen-bond donors (Lipinski definition) is 1. The number of likely N-dealkylation sites (N-methyl/N-ethyl adjacent to an activating group) is 1.